The molecule has 24 heavy (non-hydrogen) atoms. The summed E-state index contributed by atoms with van der Waals surface area (Å²) in [4.78, 5) is 14.3. The first-order chi connectivity index (χ1) is 11.5. The zero-order chi connectivity index (χ0) is 17.3. The fourth-order valence-corrected chi connectivity index (χ4v) is 3.15. The Morgan fingerprint density at radius 1 is 1.38 bits per heavy atom. The van der Waals surface area contributed by atoms with Crippen LogP contribution in [0, 0.1) is 17.6 Å². The Kier molecular flexibility index (Phi) is 4.59. The van der Waals surface area contributed by atoms with E-state index in [0.29, 0.717) is 12.5 Å². The molecule has 0 aliphatic carbocycles. The van der Waals surface area contributed by atoms with Crippen molar-refractivity contribution in [2.45, 2.75) is 39.3 Å². The van der Waals surface area contributed by atoms with E-state index in [2.05, 4.69) is 24.0 Å². The monoisotopic (exact) mass is 334 g/mol. The van der Waals surface area contributed by atoms with E-state index < -0.39 is 17.5 Å². The molecule has 5 nitrogen and oxygen atoms in total. The van der Waals surface area contributed by atoms with Gasteiger partial charge in [-0.05, 0) is 30.9 Å². The van der Waals surface area contributed by atoms with E-state index in [-0.39, 0.29) is 11.6 Å². The largest absolute Gasteiger partial charge is 0.328 e. The molecule has 2 aromatic rings. The molecule has 1 fully saturated rings. The smallest absolute Gasteiger partial charge is 0.257 e. The van der Waals surface area contributed by atoms with Crippen LogP contribution in [-0.2, 0) is 6.54 Å². The molecule has 128 valence electrons. The number of benzene rings is 1. The second-order valence-corrected chi connectivity index (χ2v) is 6.52. The minimum Gasteiger partial charge on any atom is -0.328 e. The van der Waals surface area contributed by atoms with E-state index in [1.54, 1.807) is 11.2 Å². The molecule has 0 N–H and O–H groups in total. The first kappa shape index (κ1) is 16.5. The molecule has 1 atom stereocenters. The number of rotatable bonds is 4. The van der Waals surface area contributed by atoms with Gasteiger partial charge >= 0.3 is 0 Å². The lowest BCUT2D eigenvalue weighted by Crippen LogP contribution is -2.32. The predicted molar refractivity (Wildman–Crippen MR) is 84.2 cm³/mol. The summed E-state index contributed by atoms with van der Waals surface area (Å²) < 4.78 is 29.0. The van der Waals surface area contributed by atoms with Crippen molar-refractivity contribution in [1.82, 2.24) is 19.7 Å². The van der Waals surface area contributed by atoms with Crippen LogP contribution in [0.15, 0.2) is 24.5 Å². The second-order valence-electron chi connectivity index (χ2n) is 6.52. The Morgan fingerprint density at radius 2 is 2.17 bits per heavy atom. The van der Waals surface area contributed by atoms with Crippen molar-refractivity contribution in [2.75, 3.05) is 6.54 Å². The third kappa shape index (κ3) is 3.16. The fraction of sp³-hybridized carbons (Fsp3) is 0.471. The summed E-state index contributed by atoms with van der Waals surface area (Å²) in [5.41, 5.74) is -0.113. The van der Waals surface area contributed by atoms with Crippen LogP contribution in [0.2, 0.25) is 0 Å². The fourth-order valence-electron chi connectivity index (χ4n) is 3.15. The van der Waals surface area contributed by atoms with E-state index in [0.717, 1.165) is 37.3 Å². The van der Waals surface area contributed by atoms with Gasteiger partial charge in [0.1, 0.15) is 18.0 Å². The number of hydrogen-bond acceptors (Lipinski definition) is 3. The number of halogens is 2. The molecule has 0 radical (unpaired) electrons. The summed E-state index contributed by atoms with van der Waals surface area (Å²) in [5, 5.41) is 8.15. The molecule has 0 bridgehead atoms. The molecule has 1 amide bonds. The maximum atomic E-state index is 14.0. The third-order valence-electron chi connectivity index (χ3n) is 4.18. The average Bonchev–Trinajstić information content (AvgIpc) is 3.14. The van der Waals surface area contributed by atoms with Crippen LogP contribution < -0.4 is 0 Å². The highest BCUT2D eigenvalue weighted by Gasteiger charge is 2.34. The SMILES string of the molecule is CC(C)Cn1cnnc1[C@@H]1CCCN1C(=O)c1ccc(F)cc1F. The predicted octanol–water partition coefficient (Wildman–Crippen LogP) is 3.19. The molecule has 3 rings (SSSR count). The van der Waals surface area contributed by atoms with Gasteiger partial charge in [-0.15, -0.1) is 10.2 Å². The van der Waals surface area contributed by atoms with Crippen molar-refractivity contribution >= 4 is 5.91 Å². The quantitative estimate of drug-likeness (QED) is 0.863. The van der Waals surface area contributed by atoms with Crippen LogP contribution in [0.3, 0.4) is 0 Å². The number of hydrogen-bond donors (Lipinski definition) is 0. The van der Waals surface area contributed by atoms with E-state index in [1.807, 2.05) is 4.57 Å². The first-order valence-electron chi connectivity index (χ1n) is 8.11. The number of carbonyl (C=O) groups is 1. The molecule has 1 saturated heterocycles. The van der Waals surface area contributed by atoms with Crippen LogP contribution in [0.25, 0.3) is 0 Å². The Bertz CT molecular complexity index is 744. The second kappa shape index (κ2) is 6.67. The molecule has 1 aromatic carbocycles. The highest BCUT2D eigenvalue weighted by atomic mass is 19.1. The molecular formula is C17H20F2N4O. The normalized spacial score (nSPS) is 17.7. The number of aromatic nitrogens is 3. The summed E-state index contributed by atoms with van der Waals surface area (Å²) in [6, 6.07) is 2.80. The van der Waals surface area contributed by atoms with Gasteiger partial charge in [-0.3, -0.25) is 4.79 Å². The maximum Gasteiger partial charge on any atom is 0.257 e. The number of amides is 1. The van der Waals surface area contributed by atoms with Crippen molar-refractivity contribution in [2.24, 2.45) is 5.92 Å². The minimum absolute atomic E-state index is 0.113. The summed E-state index contributed by atoms with van der Waals surface area (Å²) in [5.74, 6) is -0.834. The molecule has 1 aromatic heterocycles. The molecule has 0 spiro atoms. The highest BCUT2D eigenvalue weighted by Crippen LogP contribution is 2.32. The van der Waals surface area contributed by atoms with Gasteiger partial charge in [0.05, 0.1) is 11.6 Å². The topological polar surface area (TPSA) is 51.0 Å². The highest BCUT2D eigenvalue weighted by molar-refractivity contribution is 5.94. The summed E-state index contributed by atoms with van der Waals surface area (Å²) in [7, 11) is 0. The summed E-state index contributed by atoms with van der Waals surface area (Å²) in [6.45, 7) is 5.46. The molecule has 0 unspecified atom stereocenters. The number of carbonyl (C=O) groups excluding carboxylic acids is 1. The zero-order valence-electron chi connectivity index (χ0n) is 13.7. The minimum atomic E-state index is -0.839. The lowest BCUT2D eigenvalue weighted by Gasteiger charge is -2.25. The van der Waals surface area contributed by atoms with Crippen molar-refractivity contribution in [3.05, 3.63) is 47.5 Å². The van der Waals surface area contributed by atoms with Gasteiger partial charge in [-0.1, -0.05) is 13.8 Å². The Labute approximate surface area is 139 Å². The van der Waals surface area contributed by atoms with Crippen molar-refractivity contribution < 1.29 is 13.6 Å². The van der Waals surface area contributed by atoms with Gasteiger partial charge in [0.2, 0.25) is 0 Å². The molecule has 7 heteroatoms. The van der Waals surface area contributed by atoms with Gasteiger partial charge in [0.25, 0.3) is 5.91 Å². The van der Waals surface area contributed by atoms with Crippen LogP contribution in [0.4, 0.5) is 8.78 Å². The Hall–Kier alpha value is -2.31. The molecular weight excluding hydrogens is 314 g/mol. The standard InChI is InChI=1S/C17H20F2N4O/c1-11(2)9-22-10-20-21-16(22)15-4-3-7-23(15)17(24)13-6-5-12(18)8-14(13)19/h5-6,8,10-11,15H,3-4,7,9H2,1-2H3/t15-/m0/s1. The zero-order valence-corrected chi connectivity index (χ0v) is 13.7. The van der Waals surface area contributed by atoms with Crippen LogP contribution in [-0.4, -0.2) is 32.1 Å². The lowest BCUT2D eigenvalue weighted by atomic mass is 10.1. The van der Waals surface area contributed by atoms with E-state index in [9.17, 15) is 13.6 Å². The third-order valence-corrected chi connectivity index (χ3v) is 4.18. The van der Waals surface area contributed by atoms with Gasteiger partial charge in [0.15, 0.2) is 5.82 Å². The van der Waals surface area contributed by atoms with Crippen molar-refractivity contribution in [1.29, 1.82) is 0 Å². The molecule has 2 heterocycles. The summed E-state index contributed by atoms with van der Waals surface area (Å²) in [6.07, 6.45) is 3.23. The van der Waals surface area contributed by atoms with Crippen LogP contribution in [0.5, 0.6) is 0 Å². The Balaban J connectivity index is 1.88. The van der Waals surface area contributed by atoms with Gasteiger partial charge in [-0.2, -0.15) is 0 Å². The number of likely N-dealkylation sites (tertiary alicyclic amines) is 1. The molecule has 1 aliphatic heterocycles. The maximum absolute atomic E-state index is 14.0. The first-order valence-corrected chi connectivity index (χ1v) is 8.11. The average molecular weight is 334 g/mol. The van der Waals surface area contributed by atoms with Crippen molar-refractivity contribution in [3.63, 3.8) is 0 Å². The Morgan fingerprint density at radius 3 is 2.88 bits per heavy atom. The van der Waals surface area contributed by atoms with Gasteiger partial charge in [-0.25, -0.2) is 8.78 Å². The van der Waals surface area contributed by atoms with Crippen molar-refractivity contribution in [3.8, 4) is 0 Å². The van der Waals surface area contributed by atoms with Crippen LogP contribution >= 0.6 is 0 Å². The lowest BCUT2D eigenvalue weighted by molar-refractivity contribution is 0.0722. The van der Waals surface area contributed by atoms with Gasteiger partial charge in [0, 0.05) is 19.2 Å². The molecule has 1 aliphatic rings. The van der Waals surface area contributed by atoms with E-state index in [1.165, 1.54) is 6.07 Å². The van der Waals surface area contributed by atoms with Crippen LogP contribution in [0.1, 0.15) is 48.9 Å². The van der Waals surface area contributed by atoms with E-state index >= 15 is 0 Å². The summed E-state index contributed by atoms with van der Waals surface area (Å²) >= 11 is 0. The van der Waals surface area contributed by atoms with E-state index in [4.69, 9.17) is 0 Å². The van der Waals surface area contributed by atoms with Gasteiger partial charge < -0.3 is 9.47 Å². The molecule has 0 saturated carbocycles. The number of nitrogens with zero attached hydrogens (tertiary/aromatic N) is 4.